The summed E-state index contributed by atoms with van der Waals surface area (Å²) in [6, 6.07) is 0. The van der Waals surface area contributed by atoms with E-state index in [2.05, 4.69) is 0 Å². The van der Waals surface area contributed by atoms with Crippen LogP contribution in [-0.4, -0.2) is 47.3 Å². The molecule has 4 heteroatoms. The topological polar surface area (TPSA) is 49.8 Å². The molecule has 0 aliphatic carbocycles. The van der Waals surface area contributed by atoms with Crippen molar-refractivity contribution < 1.29 is 14.6 Å². The number of ether oxygens (including phenoxy) is 1. The van der Waals surface area contributed by atoms with E-state index in [4.69, 9.17) is 4.74 Å². The molecule has 0 spiro atoms. The molecule has 1 N–H and O–H groups in total. The first-order valence-corrected chi connectivity index (χ1v) is 5.04. The Labute approximate surface area is 84.8 Å². The molecule has 0 bridgehead atoms. The maximum atomic E-state index is 11.7. The zero-order chi connectivity index (χ0) is 10.8. The summed E-state index contributed by atoms with van der Waals surface area (Å²) < 4.78 is 5.42. The van der Waals surface area contributed by atoms with E-state index in [9.17, 15) is 9.90 Å². The molecule has 14 heavy (non-hydrogen) atoms. The second-order valence-corrected chi connectivity index (χ2v) is 4.35. The van der Waals surface area contributed by atoms with Gasteiger partial charge in [-0.15, -0.1) is 0 Å². The van der Waals surface area contributed by atoms with Gasteiger partial charge in [0, 0.05) is 19.7 Å². The fourth-order valence-electron chi connectivity index (χ4n) is 1.57. The minimum atomic E-state index is -1.27. The first-order valence-electron chi connectivity index (χ1n) is 5.04. The minimum absolute atomic E-state index is 0.0591. The van der Waals surface area contributed by atoms with Crippen molar-refractivity contribution >= 4 is 5.91 Å². The van der Waals surface area contributed by atoms with Gasteiger partial charge in [0.1, 0.15) is 5.60 Å². The van der Waals surface area contributed by atoms with Gasteiger partial charge >= 0.3 is 0 Å². The molecule has 1 aliphatic heterocycles. The quantitative estimate of drug-likeness (QED) is 0.668. The molecule has 1 fully saturated rings. The third kappa shape index (κ3) is 2.96. The normalized spacial score (nSPS) is 24.6. The number of carbonyl (C=O) groups is 1. The van der Waals surface area contributed by atoms with E-state index in [0.29, 0.717) is 19.7 Å². The van der Waals surface area contributed by atoms with E-state index in [0.717, 1.165) is 6.42 Å². The molecule has 1 unspecified atom stereocenters. The van der Waals surface area contributed by atoms with Gasteiger partial charge in [-0.3, -0.25) is 4.79 Å². The van der Waals surface area contributed by atoms with Crippen LogP contribution in [0.3, 0.4) is 0 Å². The molecule has 0 aromatic rings. The maximum absolute atomic E-state index is 11.7. The largest absolute Gasteiger partial charge is 0.381 e. The van der Waals surface area contributed by atoms with Crippen molar-refractivity contribution in [2.45, 2.75) is 38.9 Å². The molecule has 0 aromatic carbocycles. The molecule has 0 radical (unpaired) electrons. The smallest absolute Gasteiger partial charge is 0.254 e. The lowest BCUT2D eigenvalue weighted by Crippen LogP contribution is -2.47. The van der Waals surface area contributed by atoms with E-state index in [1.54, 1.807) is 4.90 Å². The number of aliphatic hydroxyl groups is 1. The van der Waals surface area contributed by atoms with Gasteiger partial charge in [-0.05, 0) is 27.2 Å². The lowest BCUT2D eigenvalue weighted by Gasteiger charge is -2.28. The van der Waals surface area contributed by atoms with Crippen molar-refractivity contribution in [2.75, 3.05) is 19.7 Å². The summed E-state index contributed by atoms with van der Waals surface area (Å²) in [7, 11) is 0. The Kier molecular flexibility index (Phi) is 3.50. The summed E-state index contributed by atoms with van der Waals surface area (Å²) in [6.45, 7) is 6.92. The summed E-state index contributed by atoms with van der Waals surface area (Å²) in [5.74, 6) is -0.213. The van der Waals surface area contributed by atoms with Crippen LogP contribution in [0.5, 0.6) is 0 Å². The van der Waals surface area contributed by atoms with Crippen LogP contribution in [0.1, 0.15) is 27.2 Å². The van der Waals surface area contributed by atoms with E-state index < -0.39 is 5.60 Å². The second kappa shape index (κ2) is 4.28. The van der Waals surface area contributed by atoms with Gasteiger partial charge in [-0.2, -0.15) is 0 Å². The predicted molar refractivity (Wildman–Crippen MR) is 52.9 cm³/mol. The molecular weight excluding hydrogens is 182 g/mol. The zero-order valence-corrected chi connectivity index (χ0v) is 9.12. The van der Waals surface area contributed by atoms with E-state index >= 15 is 0 Å². The molecule has 4 nitrogen and oxygen atoms in total. The maximum Gasteiger partial charge on any atom is 0.254 e. The number of nitrogens with zero attached hydrogens (tertiary/aromatic N) is 1. The Morgan fingerprint density at radius 3 is 2.79 bits per heavy atom. The summed E-state index contributed by atoms with van der Waals surface area (Å²) in [4.78, 5) is 13.4. The second-order valence-electron chi connectivity index (χ2n) is 4.35. The average molecular weight is 201 g/mol. The molecule has 1 aliphatic rings. The van der Waals surface area contributed by atoms with Gasteiger partial charge in [-0.1, -0.05) is 0 Å². The summed E-state index contributed by atoms with van der Waals surface area (Å²) in [6.07, 6.45) is 0.899. The minimum Gasteiger partial charge on any atom is -0.381 e. The van der Waals surface area contributed by atoms with Crippen LogP contribution in [0.15, 0.2) is 0 Å². The van der Waals surface area contributed by atoms with Crippen molar-refractivity contribution in [1.29, 1.82) is 0 Å². The van der Waals surface area contributed by atoms with E-state index in [1.165, 1.54) is 13.8 Å². The standard InChI is InChI=1S/C10H19NO3/c1-8-7-11(5-4-6-14-8)9(12)10(2,3)13/h8,13H,4-7H2,1-3H3. The Morgan fingerprint density at radius 1 is 1.57 bits per heavy atom. The summed E-state index contributed by atoms with van der Waals surface area (Å²) >= 11 is 0. The Morgan fingerprint density at radius 2 is 2.21 bits per heavy atom. The lowest BCUT2D eigenvalue weighted by molar-refractivity contribution is -0.148. The van der Waals surface area contributed by atoms with Gasteiger partial charge < -0.3 is 14.7 Å². The fourth-order valence-corrected chi connectivity index (χ4v) is 1.57. The molecule has 1 atom stereocenters. The van der Waals surface area contributed by atoms with Gasteiger partial charge in [-0.25, -0.2) is 0 Å². The van der Waals surface area contributed by atoms with E-state index in [1.807, 2.05) is 6.92 Å². The molecule has 0 aromatic heterocycles. The van der Waals surface area contributed by atoms with Crippen molar-refractivity contribution in [3.63, 3.8) is 0 Å². The zero-order valence-electron chi connectivity index (χ0n) is 9.12. The SMILES string of the molecule is CC1CN(C(=O)C(C)(C)O)CCCO1. The van der Waals surface area contributed by atoms with Gasteiger partial charge in [0.25, 0.3) is 5.91 Å². The van der Waals surface area contributed by atoms with Gasteiger partial charge in [0.2, 0.25) is 0 Å². The van der Waals surface area contributed by atoms with Crippen LogP contribution in [-0.2, 0) is 9.53 Å². The highest BCUT2D eigenvalue weighted by Crippen LogP contribution is 2.12. The van der Waals surface area contributed by atoms with Gasteiger partial charge in [0.15, 0.2) is 0 Å². The Bertz CT molecular complexity index is 210. The van der Waals surface area contributed by atoms with Crippen molar-refractivity contribution in [3.8, 4) is 0 Å². The fraction of sp³-hybridized carbons (Fsp3) is 0.900. The number of hydrogen-bond donors (Lipinski definition) is 1. The third-order valence-electron chi connectivity index (χ3n) is 2.26. The van der Waals surface area contributed by atoms with E-state index in [-0.39, 0.29) is 12.0 Å². The number of carbonyl (C=O) groups excluding carboxylic acids is 1. The molecule has 0 saturated carbocycles. The molecular formula is C10H19NO3. The van der Waals surface area contributed by atoms with Crippen molar-refractivity contribution in [2.24, 2.45) is 0 Å². The summed E-state index contributed by atoms with van der Waals surface area (Å²) in [5, 5.41) is 9.58. The van der Waals surface area contributed by atoms with Crippen LogP contribution in [0.2, 0.25) is 0 Å². The number of amides is 1. The first kappa shape index (κ1) is 11.5. The molecule has 1 rings (SSSR count). The lowest BCUT2D eigenvalue weighted by atomic mass is 10.1. The summed E-state index contributed by atoms with van der Waals surface area (Å²) in [5.41, 5.74) is -1.27. The van der Waals surface area contributed by atoms with Crippen LogP contribution in [0.4, 0.5) is 0 Å². The molecule has 1 amide bonds. The Hall–Kier alpha value is -0.610. The molecule has 1 heterocycles. The third-order valence-corrected chi connectivity index (χ3v) is 2.26. The highest BCUT2D eigenvalue weighted by Gasteiger charge is 2.30. The van der Waals surface area contributed by atoms with Crippen molar-refractivity contribution in [3.05, 3.63) is 0 Å². The number of rotatable bonds is 1. The molecule has 1 saturated heterocycles. The van der Waals surface area contributed by atoms with Crippen LogP contribution < -0.4 is 0 Å². The van der Waals surface area contributed by atoms with Gasteiger partial charge in [0.05, 0.1) is 6.10 Å². The number of hydrogen-bond acceptors (Lipinski definition) is 3. The van der Waals surface area contributed by atoms with Crippen LogP contribution in [0, 0.1) is 0 Å². The highest BCUT2D eigenvalue weighted by molar-refractivity contribution is 5.84. The van der Waals surface area contributed by atoms with Crippen LogP contribution >= 0.6 is 0 Å². The molecule has 82 valence electrons. The Balaban J connectivity index is 2.62. The van der Waals surface area contributed by atoms with Crippen molar-refractivity contribution in [1.82, 2.24) is 4.90 Å². The predicted octanol–water partition coefficient (Wildman–Crippen LogP) is 0.395. The average Bonchev–Trinajstić information content (AvgIpc) is 2.26. The highest BCUT2D eigenvalue weighted by atomic mass is 16.5. The van der Waals surface area contributed by atoms with Crippen LogP contribution in [0.25, 0.3) is 0 Å². The first-order chi connectivity index (χ1) is 6.41. The monoisotopic (exact) mass is 201 g/mol.